The molecular weight excluding hydrogens is 957 g/mol. The molecule has 0 bridgehead atoms. The molecule has 378 valence electrons. The van der Waals surface area contributed by atoms with E-state index in [2.05, 4.69) is 247 Å². The number of nitrogens with zero attached hydrogens (tertiary/aromatic N) is 2. The second-order valence-electron chi connectivity index (χ2n) is 23.4. The van der Waals surface area contributed by atoms with Crippen LogP contribution in [0.4, 0.5) is 34.1 Å². The molecule has 4 aromatic heterocycles. The molecule has 6 heteroatoms. The maximum Gasteiger partial charge on any atom is 0.159 e. The van der Waals surface area contributed by atoms with Crippen molar-refractivity contribution in [1.82, 2.24) is 0 Å². The number of furan rings is 4. The smallest absolute Gasteiger partial charge is 0.159 e. The molecule has 0 spiro atoms. The van der Waals surface area contributed by atoms with Gasteiger partial charge in [-0.05, 0) is 153 Å². The van der Waals surface area contributed by atoms with Gasteiger partial charge in [0.05, 0.1) is 16.8 Å². The number of rotatable bonds is 6. The fraction of sp³-hybridized carbons (Fsp3) is 0.139. The van der Waals surface area contributed by atoms with Gasteiger partial charge in [-0.25, -0.2) is 0 Å². The molecule has 6 nitrogen and oxygen atoms in total. The lowest BCUT2D eigenvalue weighted by Crippen LogP contribution is -2.20. The Morgan fingerprint density at radius 1 is 0.308 bits per heavy atom. The predicted octanol–water partition coefficient (Wildman–Crippen LogP) is 21.7. The lowest BCUT2D eigenvalue weighted by Gasteiger charge is -2.33. The Morgan fingerprint density at radius 3 is 1.26 bits per heavy atom. The van der Waals surface area contributed by atoms with Gasteiger partial charge in [0.2, 0.25) is 0 Å². The van der Waals surface area contributed by atoms with Crippen molar-refractivity contribution in [3.05, 3.63) is 216 Å². The van der Waals surface area contributed by atoms with Gasteiger partial charge in [-0.2, -0.15) is 0 Å². The van der Waals surface area contributed by atoms with E-state index in [9.17, 15) is 0 Å². The molecule has 0 N–H and O–H groups in total. The van der Waals surface area contributed by atoms with Crippen LogP contribution in [0.1, 0.15) is 63.8 Å². The first-order valence-electron chi connectivity index (χ1n) is 27.1. The molecule has 78 heavy (non-hydrogen) atoms. The van der Waals surface area contributed by atoms with Crippen LogP contribution in [0.3, 0.4) is 0 Å². The molecule has 0 unspecified atom stereocenters. The number of hydrogen-bond donors (Lipinski definition) is 0. The minimum atomic E-state index is -0.190. The molecule has 0 saturated heterocycles. The summed E-state index contributed by atoms with van der Waals surface area (Å²) in [5.41, 5.74) is 17.4. The molecule has 15 aromatic rings. The van der Waals surface area contributed by atoms with Gasteiger partial charge >= 0.3 is 0 Å². The van der Waals surface area contributed by atoms with Crippen LogP contribution in [0.15, 0.2) is 212 Å². The molecule has 0 amide bonds. The maximum atomic E-state index is 7.05. The average Bonchev–Trinajstić information content (AvgIpc) is 4.23. The summed E-state index contributed by atoms with van der Waals surface area (Å²) in [6, 6.07) is 69.8. The quantitative estimate of drug-likeness (QED) is 0.165. The van der Waals surface area contributed by atoms with Crippen LogP contribution in [0.2, 0.25) is 0 Å². The van der Waals surface area contributed by atoms with E-state index < -0.39 is 0 Å². The van der Waals surface area contributed by atoms with E-state index >= 15 is 0 Å². The Bertz CT molecular complexity index is 4990. The van der Waals surface area contributed by atoms with Crippen molar-refractivity contribution in [2.75, 3.05) is 9.80 Å². The molecule has 0 saturated carbocycles. The summed E-state index contributed by atoms with van der Waals surface area (Å²) in [5, 5.41) is 12.9. The number of anilines is 6. The highest BCUT2D eigenvalue weighted by Gasteiger charge is 2.31. The molecule has 0 aliphatic rings. The van der Waals surface area contributed by atoms with Crippen molar-refractivity contribution >= 4 is 143 Å². The first kappa shape index (κ1) is 46.1. The number of hydrogen-bond acceptors (Lipinski definition) is 6. The minimum absolute atomic E-state index is 0.190. The van der Waals surface area contributed by atoms with Crippen molar-refractivity contribution in [2.24, 2.45) is 0 Å². The molecular formula is C72H56N2O4. The third-order valence-corrected chi connectivity index (χ3v) is 16.3. The normalized spacial score (nSPS) is 12.6. The molecule has 11 aromatic carbocycles. The van der Waals surface area contributed by atoms with Crippen LogP contribution in [-0.2, 0) is 10.8 Å². The van der Waals surface area contributed by atoms with Crippen molar-refractivity contribution < 1.29 is 17.7 Å². The topological polar surface area (TPSA) is 59.0 Å². The zero-order chi connectivity index (χ0) is 52.9. The van der Waals surface area contributed by atoms with Crippen LogP contribution in [0, 0.1) is 13.8 Å². The zero-order valence-corrected chi connectivity index (χ0v) is 45.0. The van der Waals surface area contributed by atoms with E-state index in [-0.39, 0.29) is 10.8 Å². The second-order valence-corrected chi connectivity index (χ2v) is 23.4. The standard InChI is InChI=1S/C72H56N2O4/c1-41-17-9-13-21-58(41)73(66-56(71(3,4)5)32-29-51-49-19-11-15-23-60(49)76-69(51)66)47-27-25-43-37-54-53-31-34-62-65(68(53)78-63(54)39-45(43)35-47)55-38-44-26-28-48(36-46(44)40-64(55)75-62)74(59-22-14-10-18-42(59)2)67-57(72(6,7)8)33-30-52-50-20-12-16-24-61(50)77-70(52)67/h9-40H,1-8H3. The first-order valence-corrected chi connectivity index (χ1v) is 27.1. The Hall–Kier alpha value is -9.26. The maximum absolute atomic E-state index is 7.05. The Labute approximate surface area is 451 Å². The van der Waals surface area contributed by atoms with E-state index in [1.807, 2.05) is 12.1 Å². The summed E-state index contributed by atoms with van der Waals surface area (Å²) in [6.07, 6.45) is 0. The highest BCUT2D eigenvalue weighted by atomic mass is 16.3. The van der Waals surface area contributed by atoms with E-state index in [1.54, 1.807) is 0 Å². The lowest BCUT2D eigenvalue weighted by molar-refractivity contribution is 0.588. The van der Waals surface area contributed by atoms with Gasteiger partial charge in [-0.3, -0.25) is 0 Å². The zero-order valence-electron chi connectivity index (χ0n) is 45.0. The van der Waals surface area contributed by atoms with E-state index in [4.69, 9.17) is 17.7 Å². The van der Waals surface area contributed by atoms with Gasteiger partial charge in [0.15, 0.2) is 11.2 Å². The second kappa shape index (κ2) is 16.6. The minimum Gasteiger partial charge on any atom is -0.456 e. The van der Waals surface area contributed by atoms with E-state index in [1.165, 1.54) is 16.7 Å². The summed E-state index contributed by atoms with van der Waals surface area (Å²) >= 11 is 0. The van der Waals surface area contributed by atoms with Gasteiger partial charge in [0.25, 0.3) is 0 Å². The summed E-state index contributed by atoms with van der Waals surface area (Å²) in [4.78, 5) is 4.81. The predicted molar refractivity (Wildman–Crippen MR) is 327 cm³/mol. The summed E-state index contributed by atoms with van der Waals surface area (Å²) in [7, 11) is 0. The number of fused-ring (bicyclic) bond motifs is 15. The van der Waals surface area contributed by atoms with Crippen LogP contribution in [-0.4, -0.2) is 0 Å². The fourth-order valence-electron chi connectivity index (χ4n) is 12.4. The summed E-state index contributed by atoms with van der Waals surface area (Å²) < 4.78 is 27.6. The lowest BCUT2D eigenvalue weighted by atomic mass is 9.84. The van der Waals surface area contributed by atoms with E-state index in [0.717, 1.165) is 149 Å². The monoisotopic (exact) mass is 1010 g/mol. The molecule has 15 rings (SSSR count). The molecule has 4 heterocycles. The Morgan fingerprint density at radius 2 is 0.744 bits per heavy atom. The van der Waals surface area contributed by atoms with Crippen LogP contribution < -0.4 is 9.80 Å². The SMILES string of the molecule is Cc1ccccc1N(c1ccc2cc3c(cc2c1)oc1c3ccc2oc3cc4cc(N(c5ccccc5C)c5c(C(C)(C)C)ccc6c5oc5ccccc56)ccc4cc3c21)c1c(C(C)(C)C)ccc2c1oc1ccccc12. The summed E-state index contributed by atoms with van der Waals surface area (Å²) in [6.45, 7) is 18.0. The third-order valence-electron chi connectivity index (χ3n) is 16.3. The number of para-hydroxylation sites is 4. The number of benzene rings is 11. The third kappa shape index (κ3) is 6.95. The fourth-order valence-corrected chi connectivity index (χ4v) is 12.4. The molecule has 0 aliphatic carbocycles. The molecule has 0 atom stereocenters. The van der Waals surface area contributed by atoms with Crippen molar-refractivity contribution in [1.29, 1.82) is 0 Å². The molecule has 0 fully saturated rings. The summed E-state index contributed by atoms with van der Waals surface area (Å²) in [5.74, 6) is 0. The Kier molecular flexibility index (Phi) is 9.82. The molecule has 0 radical (unpaired) electrons. The van der Waals surface area contributed by atoms with Gasteiger partial charge in [0.1, 0.15) is 33.5 Å². The highest BCUT2D eigenvalue weighted by Crippen LogP contribution is 2.51. The van der Waals surface area contributed by atoms with Crippen LogP contribution >= 0.6 is 0 Å². The van der Waals surface area contributed by atoms with Gasteiger partial charge in [-0.15, -0.1) is 0 Å². The van der Waals surface area contributed by atoms with Crippen LogP contribution in [0.25, 0.3) is 109 Å². The van der Waals surface area contributed by atoms with Gasteiger partial charge in [-0.1, -0.05) is 151 Å². The van der Waals surface area contributed by atoms with Crippen molar-refractivity contribution in [3.8, 4) is 0 Å². The van der Waals surface area contributed by atoms with Gasteiger partial charge in [0, 0.05) is 60.5 Å². The van der Waals surface area contributed by atoms with Crippen molar-refractivity contribution in [3.63, 3.8) is 0 Å². The largest absolute Gasteiger partial charge is 0.456 e. The van der Waals surface area contributed by atoms with E-state index in [0.29, 0.717) is 0 Å². The Balaban J connectivity index is 0.888. The molecule has 0 aliphatic heterocycles. The first-order chi connectivity index (χ1) is 37.7. The van der Waals surface area contributed by atoms with Gasteiger partial charge < -0.3 is 27.5 Å². The average molecular weight is 1010 g/mol. The highest BCUT2D eigenvalue weighted by molar-refractivity contribution is 6.24. The number of aryl methyl sites for hydroxylation is 2. The van der Waals surface area contributed by atoms with Crippen LogP contribution in [0.5, 0.6) is 0 Å². The van der Waals surface area contributed by atoms with Crippen molar-refractivity contribution in [2.45, 2.75) is 66.2 Å².